The molecular weight excluding hydrogens is 421 g/mol. The largest absolute Gasteiger partial charge is 0.410 e. The number of rotatable bonds is 6. The molecule has 0 fully saturated rings. The lowest BCUT2D eigenvalue weighted by Crippen LogP contribution is -2.36. The highest BCUT2D eigenvalue weighted by molar-refractivity contribution is 6.70. The molecule has 0 aliphatic carbocycles. The number of carbonyl (C=O) groups is 1. The number of aromatic nitrogens is 4. The standard InChI is InChI=1S/C22H21BN7O3/c1-22(12-31)11-29(23-13-32)20-15(9-24)6-14(7-17(20)22)18-2-3-25-21(26-18)27-19-8-16-10-33-5-4-30(16)28-19/h2-3,6-8,13,31H,4-5,10-12H2,1H3,(H,25,26,27,28). The quantitative estimate of drug-likeness (QED) is 0.429. The molecule has 10 nitrogen and oxygen atoms in total. The lowest BCUT2D eigenvalue weighted by molar-refractivity contribution is 0.0801. The SMILES string of the molecule is CC1(CO)CN([B]C=O)c2c(C#N)cc(-c3ccnc(Nc4cc5n(n4)CCOC5)n3)cc21. The highest BCUT2D eigenvalue weighted by Crippen LogP contribution is 2.44. The van der Waals surface area contributed by atoms with Crippen molar-refractivity contribution >= 4 is 31.1 Å². The minimum Gasteiger partial charge on any atom is -0.410 e. The second-order valence-corrected chi connectivity index (χ2v) is 8.35. The lowest BCUT2D eigenvalue weighted by Gasteiger charge is -2.23. The highest BCUT2D eigenvalue weighted by Gasteiger charge is 2.40. The molecule has 2 aliphatic heterocycles. The molecule has 2 aromatic heterocycles. The Kier molecular flexibility index (Phi) is 5.32. The van der Waals surface area contributed by atoms with Crippen molar-refractivity contribution in [3.63, 3.8) is 0 Å². The Morgan fingerprint density at radius 3 is 3.06 bits per heavy atom. The maximum atomic E-state index is 11.1. The van der Waals surface area contributed by atoms with Crippen molar-refractivity contribution in [1.82, 2.24) is 19.7 Å². The van der Waals surface area contributed by atoms with Gasteiger partial charge in [-0.25, -0.2) is 9.97 Å². The van der Waals surface area contributed by atoms with Crippen LogP contribution in [0.5, 0.6) is 0 Å². The van der Waals surface area contributed by atoms with E-state index in [9.17, 15) is 15.2 Å². The van der Waals surface area contributed by atoms with E-state index >= 15 is 0 Å². The molecule has 0 saturated heterocycles. The van der Waals surface area contributed by atoms with Crippen LogP contribution in [0.3, 0.4) is 0 Å². The molecular formula is C22H21BN7O3. The number of aliphatic hydroxyl groups excluding tert-OH is 1. The summed E-state index contributed by atoms with van der Waals surface area (Å²) in [5.74, 6) is 1.01. The first-order valence-electron chi connectivity index (χ1n) is 10.5. The van der Waals surface area contributed by atoms with Gasteiger partial charge >= 0.3 is 7.41 Å². The normalized spacial score (nSPS) is 18.9. The molecule has 4 heterocycles. The second kappa shape index (κ2) is 8.31. The average molecular weight is 442 g/mol. The van der Waals surface area contributed by atoms with E-state index < -0.39 is 5.41 Å². The van der Waals surface area contributed by atoms with Gasteiger partial charge in [-0.2, -0.15) is 10.4 Å². The molecule has 3 aromatic rings. The molecule has 5 rings (SSSR count). The molecule has 0 bridgehead atoms. The number of nitriles is 1. The minimum absolute atomic E-state index is 0.122. The molecule has 2 N–H and O–H groups in total. The van der Waals surface area contributed by atoms with Crippen molar-refractivity contribution < 1.29 is 14.6 Å². The van der Waals surface area contributed by atoms with E-state index in [1.54, 1.807) is 23.1 Å². The van der Waals surface area contributed by atoms with Crippen LogP contribution >= 0.6 is 0 Å². The Morgan fingerprint density at radius 2 is 2.30 bits per heavy atom. The fourth-order valence-corrected chi connectivity index (χ4v) is 4.36. The third kappa shape index (κ3) is 3.73. The highest BCUT2D eigenvalue weighted by atomic mass is 16.5. The molecule has 0 amide bonds. The zero-order valence-electron chi connectivity index (χ0n) is 18.0. The van der Waals surface area contributed by atoms with Crippen molar-refractivity contribution in [3.8, 4) is 17.3 Å². The number of ether oxygens (including phenoxy) is 1. The van der Waals surface area contributed by atoms with Crippen LogP contribution in [0, 0.1) is 11.3 Å². The molecule has 165 valence electrons. The molecule has 0 spiro atoms. The van der Waals surface area contributed by atoms with Gasteiger partial charge < -0.3 is 24.8 Å². The average Bonchev–Trinajstić information content (AvgIpc) is 3.37. The topological polar surface area (TPSA) is 129 Å². The van der Waals surface area contributed by atoms with Gasteiger partial charge in [-0.05, 0) is 23.8 Å². The van der Waals surface area contributed by atoms with Crippen LogP contribution in [-0.2, 0) is 28.1 Å². The van der Waals surface area contributed by atoms with Crippen molar-refractivity contribution in [3.05, 3.63) is 47.3 Å². The monoisotopic (exact) mass is 442 g/mol. The first-order chi connectivity index (χ1) is 16.0. The number of benzene rings is 1. The number of fused-ring (bicyclic) bond motifs is 2. The third-order valence-corrected chi connectivity index (χ3v) is 6.03. The van der Waals surface area contributed by atoms with Crippen LogP contribution < -0.4 is 10.1 Å². The number of nitrogens with one attached hydrogen (secondary N) is 1. The molecule has 1 radical (unpaired) electrons. The maximum Gasteiger partial charge on any atom is 0.329 e. The van der Waals surface area contributed by atoms with Gasteiger partial charge in [0.05, 0.1) is 43.3 Å². The van der Waals surface area contributed by atoms with Gasteiger partial charge in [0.1, 0.15) is 12.3 Å². The second-order valence-electron chi connectivity index (χ2n) is 8.35. The fourth-order valence-electron chi connectivity index (χ4n) is 4.36. The summed E-state index contributed by atoms with van der Waals surface area (Å²) in [6.07, 6.45) is 2.32. The summed E-state index contributed by atoms with van der Waals surface area (Å²) in [7, 11) is 1.39. The summed E-state index contributed by atoms with van der Waals surface area (Å²) < 4.78 is 7.35. The van der Waals surface area contributed by atoms with Crippen molar-refractivity contribution in [2.75, 3.05) is 29.9 Å². The molecule has 1 aromatic carbocycles. The van der Waals surface area contributed by atoms with Gasteiger partial charge in [0.2, 0.25) is 5.95 Å². The Bertz CT molecular complexity index is 1250. The number of carbonyl (C=O) groups excluding carboxylic acids is 1. The van der Waals surface area contributed by atoms with Gasteiger partial charge in [0.15, 0.2) is 5.82 Å². The van der Waals surface area contributed by atoms with Crippen LogP contribution in [0.25, 0.3) is 11.3 Å². The Hall–Kier alpha value is -3.75. The third-order valence-electron chi connectivity index (χ3n) is 6.03. The van der Waals surface area contributed by atoms with Crippen molar-refractivity contribution in [2.24, 2.45) is 0 Å². The minimum atomic E-state index is -0.623. The summed E-state index contributed by atoms with van der Waals surface area (Å²) >= 11 is 0. The van der Waals surface area contributed by atoms with Gasteiger partial charge in [0, 0.05) is 35.5 Å². The number of hydrogen-bond acceptors (Lipinski definition) is 9. The molecule has 1 atom stereocenters. The van der Waals surface area contributed by atoms with Crippen LogP contribution in [0.1, 0.15) is 23.7 Å². The number of anilines is 3. The van der Waals surface area contributed by atoms with Gasteiger partial charge in [-0.3, -0.25) is 4.68 Å². The summed E-state index contributed by atoms with van der Waals surface area (Å²) in [4.78, 5) is 21.8. The zero-order valence-corrected chi connectivity index (χ0v) is 18.0. The summed E-state index contributed by atoms with van der Waals surface area (Å²) in [5, 5.41) is 27.6. The predicted octanol–water partition coefficient (Wildman–Crippen LogP) is 1.36. The van der Waals surface area contributed by atoms with E-state index in [-0.39, 0.29) is 6.61 Å². The first kappa shape index (κ1) is 21.1. The predicted molar refractivity (Wildman–Crippen MR) is 122 cm³/mol. The van der Waals surface area contributed by atoms with Gasteiger partial charge in [-0.15, -0.1) is 0 Å². The van der Waals surface area contributed by atoms with E-state index in [1.807, 2.05) is 23.7 Å². The number of aliphatic hydroxyl groups is 1. The molecule has 2 aliphatic rings. The zero-order chi connectivity index (χ0) is 23.0. The number of hydrogen-bond donors (Lipinski definition) is 2. The first-order valence-corrected chi connectivity index (χ1v) is 10.5. The van der Waals surface area contributed by atoms with Crippen LogP contribution in [-0.4, -0.2) is 58.2 Å². The maximum absolute atomic E-state index is 11.1. The van der Waals surface area contributed by atoms with E-state index in [4.69, 9.17) is 4.74 Å². The Balaban J connectivity index is 1.51. The Morgan fingerprint density at radius 1 is 1.42 bits per heavy atom. The number of nitrogens with zero attached hydrogens (tertiary/aromatic N) is 6. The fraction of sp³-hybridized carbons (Fsp3) is 0.318. The lowest BCUT2D eigenvalue weighted by atomic mass is 9.83. The molecule has 0 saturated carbocycles. The van der Waals surface area contributed by atoms with Crippen LogP contribution in [0.15, 0.2) is 30.5 Å². The summed E-state index contributed by atoms with van der Waals surface area (Å²) in [6, 6.07) is 9.56. The van der Waals surface area contributed by atoms with Crippen LogP contribution in [0.2, 0.25) is 0 Å². The van der Waals surface area contributed by atoms with Gasteiger partial charge in [-0.1, -0.05) is 6.92 Å². The van der Waals surface area contributed by atoms with Crippen LogP contribution in [0.4, 0.5) is 17.5 Å². The van der Waals surface area contributed by atoms with Crippen molar-refractivity contribution in [1.29, 1.82) is 5.26 Å². The van der Waals surface area contributed by atoms with E-state index in [1.165, 1.54) is 7.41 Å². The van der Waals surface area contributed by atoms with Gasteiger partial charge in [0.25, 0.3) is 0 Å². The molecule has 1 unspecified atom stereocenters. The molecule has 33 heavy (non-hydrogen) atoms. The van der Waals surface area contributed by atoms with E-state index in [2.05, 4.69) is 26.5 Å². The molecule has 11 heteroatoms. The summed E-state index contributed by atoms with van der Waals surface area (Å²) in [6.45, 7) is 4.04. The Labute approximate surface area is 191 Å². The van der Waals surface area contributed by atoms with Crippen molar-refractivity contribution in [2.45, 2.75) is 25.5 Å². The summed E-state index contributed by atoms with van der Waals surface area (Å²) in [5.41, 5.74) is 3.56. The van der Waals surface area contributed by atoms with E-state index in [0.29, 0.717) is 61.2 Å². The smallest absolute Gasteiger partial charge is 0.329 e. The van der Waals surface area contributed by atoms with E-state index in [0.717, 1.165) is 16.8 Å².